The number of hydrogen-bond acceptors (Lipinski definition) is 2. The van der Waals surface area contributed by atoms with Crippen LogP contribution >= 0.6 is 0 Å². The van der Waals surface area contributed by atoms with Crippen molar-refractivity contribution in [3.8, 4) is 5.75 Å². The van der Waals surface area contributed by atoms with Crippen LogP contribution in [-0.2, 0) is 10.2 Å². The Morgan fingerprint density at radius 3 is 2.40 bits per heavy atom. The van der Waals surface area contributed by atoms with Crippen molar-refractivity contribution in [3.63, 3.8) is 0 Å². The van der Waals surface area contributed by atoms with Gasteiger partial charge in [0.05, 0.1) is 6.26 Å². The monoisotopic (exact) mass is 274 g/mol. The molecular formula is C9H11AsO5. The molecule has 1 aromatic rings. The average Bonchev–Trinajstić information content (AvgIpc) is 2.16. The average molecular weight is 274 g/mol. The van der Waals surface area contributed by atoms with Gasteiger partial charge in [-0.3, -0.25) is 0 Å². The van der Waals surface area contributed by atoms with E-state index in [1.165, 1.54) is 5.56 Å². The Morgan fingerprint density at radius 1 is 1.20 bits per heavy atom. The second-order valence-electron chi connectivity index (χ2n) is 2.81. The molecule has 0 atom stereocenters. The van der Waals surface area contributed by atoms with E-state index in [0.29, 0.717) is 0 Å². The number of hydrogen-bond donors (Lipinski definition) is 3. The second kappa shape index (κ2) is 5.18. The molecule has 1 heterocycles. The summed E-state index contributed by atoms with van der Waals surface area (Å²) in [6.07, 6.45) is 4.75. The number of para-hydroxylation sites is 1. The summed E-state index contributed by atoms with van der Waals surface area (Å²) in [4.78, 5) is 0. The van der Waals surface area contributed by atoms with Gasteiger partial charge in [0.2, 0.25) is 0 Å². The summed E-state index contributed by atoms with van der Waals surface area (Å²) in [5, 5.41) is 0. The Labute approximate surface area is 90.0 Å². The summed E-state index contributed by atoms with van der Waals surface area (Å²) in [6, 6.07) is 8.08. The van der Waals surface area contributed by atoms with Crippen molar-refractivity contribution in [1.82, 2.24) is 0 Å². The fourth-order valence-electron chi connectivity index (χ4n) is 1.08. The predicted molar refractivity (Wildman–Crippen MR) is 53.0 cm³/mol. The molecule has 5 nitrogen and oxygen atoms in total. The van der Waals surface area contributed by atoms with Gasteiger partial charge in [0.15, 0.2) is 0 Å². The van der Waals surface area contributed by atoms with Crippen LogP contribution in [-0.4, -0.2) is 26.8 Å². The Bertz CT molecular complexity index is 360. The summed E-state index contributed by atoms with van der Waals surface area (Å²) >= 11 is -5.12. The molecule has 0 aliphatic carbocycles. The minimum absolute atomic E-state index is 0.991. The van der Waals surface area contributed by atoms with Gasteiger partial charge in [-0.1, -0.05) is 18.2 Å². The van der Waals surface area contributed by atoms with E-state index in [9.17, 15) is 0 Å². The van der Waals surface area contributed by atoms with E-state index < -0.39 is 14.5 Å². The zero-order valence-corrected chi connectivity index (χ0v) is 9.65. The summed E-state index contributed by atoms with van der Waals surface area (Å²) in [7, 11) is 0. The van der Waals surface area contributed by atoms with E-state index in [2.05, 4.69) is 6.07 Å². The second-order valence-corrected chi connectivity index (χ2v) is 4.97. The molecule has 0 saturated heterocycles. The first-order valence-electron chi connectivity index (χ1n) is 4.14. The summed E-state index contributed by atoms with van der Waals surface area (Å²) in [5.41, 5.74) is 1.27. The SMILES string of the molecule is C1=COc2ccccc2C1.O=[As](O)(O)O. The molecule has 0 spiro atoms. The Hall–Kier alpha value is -1.00. The van der Waals surface area contributed by atoms with Gasteiger partial charge in [-0.05, 0) is 24.1 Å². The summed E-state index contributed by atoms with van der Waals surface area (Å²) in [5.74, 6) is 0.991. The number of benzene rings is 1. The third kappa shape index (κ3) is 5.44. The van der Waals surface area contributed by atoms with Gasteiger partial charge in [-0.15, -0.1) is 0 Å². The molecule has 0 unspecified atom stereocenters. The van der Waals surface area contributed by atoms with E-state index in [4.69, 9.17) is 20.8 Å². The van der Waals surface area contributed by atoms with Crippen LogP contribution in [0.25, 0.3) is 0 Å². The summed E-state index contributed by atoms with van der Waals surface area (Å²) in [6.45, 7) is 0. The quantitative estimate of drug-likeness (QED) is 0.578. The van der Waals surface area contributed by atoms with Crippen molar-refractivity contribution < 1.29 is 20.8 Å². The van der Waals surface area contributed by atoms with Gasteiger partial charge in [0, 0.05) is 0 Å². The summed E-state index contributed by atoms with van der Waals surface area (Å²) < 4.78 is 35.9. The van der Waals surface area contributed by atoms with Gasteiger partial charge in [0.25, 0.3) is 0 Å². The third-order valence-corrected chi connectivity index (χ3v) is 1.60. The van der Waals surface area contributed by atoms with Crippen molar-refractivity contribution in [1.29, 1.82) is 0 Å². The first kappa shape index (κ1) is 12.1. The van der Waals surface area contributed by atoms with E-state index in [0.717, 1.165) is 12.2 Å². The fourth-order valence-corrected chi connectivity index (χ4v) is 1.08. The van der Waals surface area contributed by atoms with Crippen LogP contribution in [0.5, 0.6) is 5.75 Å². The van der Waals surface area contributed by atoms with Gasteiger partial charge in [0.1, 0.15) is 5.75 Å². The Morgan fingerprint density at radius 2 is 1.80 bits per heavy atom. The number of allylic oxidation sites excluding steroid dienone is 1. The van der Waals surface area contributed by atoms with Crippen LogP contribution in [0.4, 0.5) is 0 Å². The topological polar surface area (TPSA) is 87.0 Å². The maximum absolute atomic E-state index is 8.94. The molecule has 0 saturated carbocycles. The van der Waals surface area contributed by atoms with Gasteiger partial charge in [-0.25, -0.2) is 0 Å². The molecule has 6 heteroatoms. The minimum atomic E-state index is -5.12. The first-order chi connectivity index (χ1) is 6.97. The van der Waals surface area contributed by atoms with E-state index in [1.54, 1.807) is 6.26 Å². The van der Waals surface area contributed by atoms with Crippen LogP contribution < -0.4 is 4.74 Å². The first-order valence-corrected chi connectivity index (χ1v) is 7.43. The van der Waals surface area contributed by atoms with Crippen LogP contribution in [0, 0.1) is 0 Å². The number of rotatable bonds is 0. The van der Waals surface area contributed by atoms with Crippen molar-refractivity contribution in [2.75, 3.05) is 0 Å². The standard InChI is InChI=1S/C9H8O.AsH3O4/c1-2-6-9-8(4-1)5-3-7-10-9;2-1(3,4)5/h1-4,6-7H,5H2;(H3,2,3,4,5). The number of fused-ring (bicyclic) bond motifs is 1. The predicted octanol–water partition coefficient (Wildman–Crippen LogP) is -0.0354. The number of ether oxygens (including phenoxy) is 1. The van der Waals surface area contributed by atoms with Gasteiger partial charge < -0.3 is 4.74 Å². The van der Waals surface area contributed by atoms with Crippen LogP contribution in [0.3, 0.4) is 0 Å². The van der Waals surface area contributed by atoms with Crippen LogP contribution in [0.2, 0.25) is 0 Å². The van der Waals surface area contributed by atoms with Crippen molar-refractivity contribution in [3.05, 3.63) is 42.2 Å². The third-order valence-electron chi connectivity index (χ3n) is 1.60. The zero-order valence-electron chi connectivity index (χ0n) is 7.78. The molecule has 1 aliphatic rings. The molecule has 15 heavy (non-hydrogen) atoms. The molecule has 82 valence electrons. The molecule has 1 aromatic carbocycles. The van der Waals surface area contributed by atoms with Crippen molar-refractivity contribution in [2.24, 2.45) is 0 Å². The molecule has 1 aliphatic heterocycles. The van der Waals surface area contributed by atoms with Crippen LogP contribution in [0.15, 0.2) is 36.6 Å². The molecule has 2 rings (SSSR count). The zero-order chi connectivity index (χ0) is 11.3. The normalized spacial score (nSPS) is 13.3. The Kier molecular flexibility index (Phi) is 4.17. The van der Waals surface area contributed by atoms with Gasteiger partial charge in [-0.2, -0.15) is 0 Å². The molecule has 3 N–H and O–H groups in total. The van der Waals surface area contributed by atoms with E-state index in [1.807, 2.05) is 24.3 Å². The molecular weight excluding hydrogens is 263 g/mol. The molecule has 0 amide bonds. The van der Waals surface area contributed by atoms with Crippen molar-refractivity contribution in [2.45, 2.75) is 6.42 Å². The molecule has 0 bridgehead atoms. The molecule has 0 radical (unpaired) electrons. The van der Waals surface area contributed by atoms with Gasteiger partial charge >= 0.3 is 30.5 Å². The maximum atomic E-state index is 8.94. The fraction of sp³-hybridized carbons (Fsp3) is 0.111. The van der Waals surface area contributed by atoms with E-state index in [-0.39, 0.29) is 0 Å². The van der Waals surface area contributed by atoms with Crippen molar-refractivity contribution >= 4 is 14.5 Å². The van der Waals surface area contributed by atoms with Crippen LogP contribution in [0.1, 0.15) is 5.56 Å². The molecule has 0 aromatic heterocycles. The Balaban J connectivity index is 0.000000195. The van der Waals surface area contributed by atoms with E-state index >= 15 is 0 Å². The molecule has 0 fully saturated rings.